The van der Waals surface area contributed by atoms with E-state index in [1.807, 2.05) is 24.3 Å². The lowest BCUT2D eigenvalue weighted by Crippen LogP contribution is -2.19. The van der Waals surface area contributed by atoms with Crippen LogP contribution in [0.15, 0.2) is 60.8 Å². The van der Waals surface area contributed by atoms with E-state index in [-0.39, 0.29) is 0 Å². The van der Waals surface area contributed by atoms with Gasteiger partial charge in [0, 0.05) is 28.9 Å². The molecular formula is C24H27ClN2. The highest BCUT2D eigenvalue weighted by atomic mass is 35.5. The van der Waals surface area contributed by atoms with Crippen molar-refractivity contribution >= 4 is 11.6 Å². The summed E-state index contributed by atoms with van der Waals surface area (Å²) in [6, 6.07) is 18.5. The van der Waals surface area contributed by atoms with E-state index >= 15 is 0 Å². The molecule has 0 aliphatic heterocycles. The van der Waals surface area contributed by atoms with E-state index in [1.165, 1.54) is 32.1 Å². The summed E-state index contributed by atoms with van der Waals surface area (Å²) in [6.07, 6.45) is 8.92. The Hall–Kier alpha value is -2.06. The summed E-state index contributed by atoms with van der Waals surface area (Å²) in [4.78, 5) is 0. The van der Waals surface area contributed by atoms with Crippen molar-refractivity contribution in [3.63, 3.8) is 0 Å². The summed E-state index contributed by atoms with van der Waals surface area (Å²) in [7, 11) is 0. The van der Waals surface area contributed by atoms with E-state index in [9.17, 15) is 0 Å². The molecule has 0 atom stereocenters. The van der Waals surface area contributed by atoms with Gasteiger partial charge in [-0.1, -0.05) is 80.3 Å². The Morgan fingerprint density at radius 3 is 2.33 bits per heavy atom. The molecule has 1 aliphatic rings. The van der Waals surface area contributed by atoms with Gasteiger partial charge in [-0.15, -0.1) is 0 Å². The average molecular weight is 379 g/mol. The Balaban J connectivity index is 1.64. The third-order valence-corrected chi connectivity index (χ3v) is 6.17. The van der Waals surface area contributed by atoms with E-state index in [4.69, 9.17) is 16.7 Å². The van der Waals surface area contributed by atoms with E-state index < -0.39 is 0 Å². The van der Waals surface area contributed by atoms with Gasteiger partial charge in [-0.2, -0.15) is 5.10 Å². The molecule has 27 heavy (non-hydrogen) atoms. The highest BCUT2D eigenvalue weighted by Gasteiger charge is 2.21. The number of hydrogen-bond acceptors (Lipinski definition) is 1. The first-order valence-electron chi connectivity index (χ1n) is 10.1. The van der Waals surface area contributed by atoms with E-state index in [1.54, 1.807) is 0 Å². The van der Waals surface area contributed by atoms with Crippen LogP contribution in [0.2, 0.25) is 5.02 Å². The number of rotatable bonds is 5. The average Bonchev–Trinajstić information content (AvgIpc) is 3.13. The van der Waals surface area contributed by atoms with Gasteiger partial charge >= 0.3 is 0 Å². The minimum Gasteiger partial charge on any atom is -0.271 e. The van der Waals surface area contributed by atoms with Crippen molar-refractivity contribution in [2.24, 2.45) is 11.8 Å². The van der Waals surface area contributed by atoms with Crippen LogP contribution >= 0.6 is 11.6 Å². The molecule has 4 rings (SSSR count). The second-order valence-electron chi connectivity index (χ2n) is 7.78. The Kier molecular flexibility index (Phi) is 5.63. The van der Waals surface area contributed by atoms with Gasteiger partial charge in [-0.25, -0.2) is 0 Å². The maximum Gasteiger partial charge on any atom is 0.100 e. The quantitative estimate of drug-likeness (QED) is 0.463. The normalized spacial score (nSPS) is 19.9. The Bertz CT molecular complexity index is 876. The fourth-order valence-corrected chi connectivity index (χ4v) is 4.47. The Morgan fingerprint density at radius 1 is 0.926 bits per heavy atom. The molecular weight excluding hydrogens is 352 g/mol. The van der Waals surface area contributed by atoms with Crippen molar-refractivity contribution < 1.29 is 0 Å². The predicted molar refractivity (Wildman–Crippen MR) is 114 cm³/mol. The lowest BCUT2D eigenvalue weighted by atomic mass is 9.81. The molecule has 1 heterocycles. The molecule has 2 aromatic carbocycles. The summed E-state index contributed by atoms with van der Waals surface area (Å²) >= 11 is 6.26. The minimum absolute atomic E-state index is 0.739. The molecule has 3 heteroatoms. The van der Waals surface area contributed by atoms with Crippen molar-refractivity contribution in [2.75, 3.05) is 0 Å². The van der Waals surface area contributed by atoms with Crippen LogP contribution in [0.25, 0.3) is 22.4 Å². The molecule has 1 fully saturated rings. The van der Waals surface area contributed by atoms with Gasteiger partial charge < -0.3 is 0 Å². The standard InChI is InChI=1S/C24H27ClN2/c1-2-18-11-13-19(14-12-18)16-27-17-23(21-9-6-10-22(25)15-21)24(26-27)20-7-4-3-5-8-20/h3-10,15,17-19H,2,11-14,16H2,1H3. The van der Waals surface area contributed by atoms with Crippen LogP contribution in [-0.4, -0.2) is 9.78 Å². The van der Waals surface area contributed by atoms with Crippen molar-refractivity contribution in [1.29, 1.82) is 0 Å². The van der Waals surface area contributed by atoms with Crippen molar-refractivity contribution in [2.45, 2.75) is 45.6 Å². The number of hydrogen-bond donors (Lipinski definition) is 0. The zero-order valence-corrected chi connectivity index (χ0v) is 16.7. The number of benzene rings is 2. The largest absolute Gasteiger partial charge is 0.271 e. The smallest absolute Gasteiger partial charge is 0.100 e. The topological polar surface area (TPSA) is 17.8 Å². The van der Waals surface area contributed by atoms with Gasteiger partial charge in [0.05, 0.1) is 0 Å². The summed E-state index contributed by atoms with van der Waals surface area (Å²) in [6.45, 7) is 3.33. The second-order valence-corrected chi connectivity index (χ2v) is 8.22. The maximum absolute atomic E-state index is 6.26. The molecule has 1 aliphatic carbocycles. The third-order valence-electron chi connectivity index (χ3n) is 5.93. The highest BCUT2D eigenvalue weighted by molar-refractivity contribution is 6.30. The summed E-state index contributed by atoms with van der Waals surface area (Å²) in [5.74, 6) is 1.67. The molecule has 140 valence electrons. The number of halogens is 1. The molecule has 0 saturated heterocycles. The van der Waals surface area contributed by atoms with Crippen LogP contribution in [-0.2, 0) is 6.54 Å². The lowest BCUT2D eigenvalue weighted by Gasteiger charge is -2.27. The van der Waals surface area contributed by atoms with E-state index in [0.717, 1.165) is 45.8 Å². The van der Waals surface area contributed by atoms with Crippen LogP contribution in [0.3, 0.4) is 0 Å². The maximum atomic E-state index is 6.26. The molecule has 0 radical (unpaired) electrons. The lowest BCUT2D eigenvalue weighted by molar-refractivity contribution is 0.242. The minimum atomic E-state index is 0.739. The Labute approximate surface area is 167 Å². The fourth-order valence-electron chi connectivity index (χ4n) is 4.28. The predicted octanol–water partition coefficient (Wildman–Crippen LogP) is 7.09. The number of nitrogens with zero attached hydrogens (tertiary/aromatic N) is 2. The summed E-state index contributed by atoms with van der Waals surface area (Å²) in [5.41, 5.74) is 4.48. The van der Waals surface area contributed by atoms with Crippen molar-refractivity contribution in [3.05, 3.63) is 65.8 Å². The Morgan fingerprint density at radius 2 is 1.63 bits per heavy atom. The monoisotopic (exact) mass is 378 g/mol. The first kappa shape index (κ1) is 18.3. The van der Waals surface area contributed by atoms with Gasteiger partial charge in [0.15, 0.2) is 0 Å². The number of aromatic nitrogens is 2. The van der Waals surface area contributed by atoms with Gasteiger partial charge in [0.25, 0.3) is 0 Å². The van der Waals surface area contributed by atoms with E-state index in [0.29, 0.717) is 0 Å². The molecule has 0 amide bonds. The van der Waals surface area contributed by atoms with Crippen LogP contribution in [0.1, 0.15) is 39.0 Å². The SMILES string of the molecule is CCC1CCC(Cn2cc(-c3cccc(Cl)c3)c(-c3ccccc3)n2)CC1. The molecule has 0 bridgehead atoms. The molecule has 3 aromatic rings. The molecule has 0 N–H and O–H groups in total. The van der Waals surface area contributed by atoms with Crippen LogP contribution in [0.5, 0.6) is 0 Å². The molecule has 0 unspecified atom stereocenters. The second kappa shape index (κ2) is 8.31. The highest BCUT2D eigenvalue weighted by Crippen LogP contribution is 2.35. The van der Waals surface area contributed by atoms with Crippen molar-refractivity contribution in [3.8, 4) is 22.4 Å². The van der Waals surface area contributed by atoms with Crippen LogP contribution < -0.4 is 0 Å². The van der Waals surface area contributed by atoms with Gasteiger partial charge in [-0.05, 0) is 42.4 Å². The van der Waals surface area contributed by atoms with E-state index in [2.05, 4.69) is 48.1 Å². The van der Waals surface area contributed by atoms with Gasteiger partial charge in [-0.3, -0.25) is 4.68 Å². The molecule has 1 aromatic heterocycles. The zero-order chi connectivity index (χ0) is 18.6. The first-order chi connectivity index (χ1) is 13.2. The molecule has 0 spiro atoms. The molecule has 2 nitrogen and oxygen atoms in total. The summed E-state index contributed by atoms with van der Waals surface area (Å²) < 4.78 is 2.16. The van der Waals surface area contributed by atoms with Crippen LogP contribution in [0, 0.1) is 11.8 Å². The summed E-state index contributed by atoms with van der Waals surface area (Å²) in [5, 5.41) is 5.75. The molecule has 1 saturated carbocycles. The zero-order valence-electron chi connectivity index (χ0n) is 15.9. The fraction of sp³-hybridized carbons (Fsp3) is 0.375. The van der Waals surface area contributed by atoms with Crippen molar-refractivity contribution in [1.82, 2.24) is 9.78 Å². The van der Waals surface area contributed by atoms with Gasteiger partial charge in [0.1, 0.15) is 5.69 Å². The first-order valence-corrected chi connectivity index (χ1v) is 10.5. The van der Waals surface area contributed by atoms with Gasteiger partial charge in [0.2, 0.25) is 0 Å². The third kappa shape index (κ3) is 4.27. The van der Waals surface area contributed by atoms with Crippen LogP contribution in [0.4, 0.5) is 0 Å².